The van der Waals surface area contributed by atoms with Crippen molar-refractivity contribution in [2.24, 2.45) is 0 Å². The van der Waals surface area contributed by atoms with Crippen LogP contribution in [0.2, 0.25) is 0 Å². The van der Waals surface area contributed by atoms with Gasteiger partial charge in [0.25, 0.3) is 0 Å². The van der Waals surface area contributed by atoms with Gasteiger partial charge in [-0.2, -0.15) is 0 Å². The molecule has 0 saturated carbocycles. The number of rotatable bonds is 10. The van der Waals surface area contributed by atoms with Gasteiger partial charge >= 0.3 is 0 Å². The summed E-state index contributed by atoms with van der Waals surface area (Å²) in [4.78, 5) is 39.2. The zero-order chi connectivity index (χ0) is 63.5. The van der Waals surface area contributed by atoms with Gasteiger partial charge in [0.2, 0.25) is 0 Å². The summed E-state index contributed by atoms with van der Waals surface area (Å²) < 4.78 is 13.3. The Bertz CT molecular complexity index is 3960. The Morgan fingerprint density at radius 1 is 0.222 bits per heavy atom. The van der Waals surface area contributed by atoms with E-state index in [-0.39, 0.29) is 27.5 Å². The number of halogens is 1. The van der Waals surface area contributed by atoms with Crippen molar-refractivity contribution in [3.8, 4) is 113 Å². The minimum atomic E-state index is -0.242. The average molecular weight is 1180 g/mol. The molecule has 4 heterocycles. The molecule has 0 bridgehead atoms. The summed E-state index contributed by atoms with van der Waals surface area (Å²) in [6, 6.07) is 73.9. The van der Waals surface area contributed by atoms with E-state index < -0.39 is 0 Å². The van der Waals surface area contributed by atoms with E-state index in [1.165, 1.54) is 51.1 Å². The molecule has 0 unspecified atom stereocenters. The lowest BCUT2D eigenvalue weighted by Crippen LogP contribution is -2.11. The third-order valence-electron chi connectivity index (χ3n) is 16.3. The van der Waals surface area contributed by atoms with Crippen LogP contribution in [0.5, 0.6) is 0 Å². The van der Waals surface area contributed by atoms with Crippen molar-refractivity contribution in [1.82, 2.24) is 39.9 Å². The highest BCUT2D eigenvalue weighted by atomic mass is 19.1. The van der Waals surface area contributed by atoms with Crippen LogP contribution in [0.3, 0.4) is 0 Å². The maximum absolute atomic E-state index is 13.3. The van der Waals surface area contributed by atoms with Crippen molar-refractivity contribution >= 4 is 0 Å². The van der Waals surface area contributed by atoms with Gasteiger partial charge in [-0.25, -0.2) is 34.3 Å². The van der Waals surface area contributed by atoms with E-state index >= 15 is 0 Å². The highest BCUT2D eigenvalue weighted by Gasteiger charge is 2.21. The van der Waals surface area contributed by atoms with Crippen molar-refractivity contribution in [3.05, 3.63) is 264 Å². The van der Waals surface area contributed by atoms with Gasteiger partial charge in [-0.15, -0.1) is 0 Å². The van der Waals surface area contributed by atoms with Crippen LogP contribution in [0.4, 0.5) is 4.39 Å². The van der Waals surface area contributed by atoms with Gasteiger partial charge in [0.1, 0.15) is 5.82 Å². The Morgan fingerprint density at radius 3 is 0.656 bits per heavy atom. The van der Waals surface area contributed by atoms with E-state index in [0.717, 1.165) is 67.0 Å². The van der Waals surface area contributed by atoms with Gasteiger partial charge in [0, 0.05) is 56.9 Å². The summed E-state index contributed by atoms with van der Waals surface area (Å²) in [5.41, 5.74) is 20.2. The first-order valence-electron chi connectivity index (χ1n) is 30.8. The highest BCUT2D eigenvalue weighted by molar-refractivity contribution is 5.74. The first kappa shape index (κ1) is 61.6. The van der Waals surface area contributed by atoms with E-state index in [2.05, 4.69) is 236 Å². The molecule has 90 heavy (non-hydrogen) atoms. The first-order chi connectivity index (χ1) is 42.9. The molecule has 0 N–H and O–H groups in total. The molecule has 0 atom stereocenters. The molecule has 0 aliphatic rings. The van der Waals surface area contributed by atoms with Gasteiger partial charge in [-0.05, 0) is 109 Å². The van der Waals surface area contributed by atoms with Crippen molar-refractivity contribution in [3.63, 3.8) is 0 Å². The van der Waals surface area contributed by atoms with Crippen LogP contribution in [-0.2, 0) is 21.7 Å². The predicted molar refractivity (Wildman–Crippen MR) is 369 cm³/mol. The van der Waals surface area contributed by atoms with Crippen molar-refractivity contribution < 1.29 is 4.39 Å². The highest BCUT2D eigenvalue weighted by Crippen LogP contribution is 2.34. The molecule has 0 radical (unpaired) electrons. The normalized spacial score (nSPS) is 11.9. The number of aromatic nitrogens is 8. The number of benzene rings is 8. The Kier molecular flexibility index (Phi) is 17.3. The maximum Gasteiger partial charge on any atom is 0.165 e. The van der Waals surface area contributed by atoms with E-state index in [1.54, 1.807) is 12.1 Å². The number of aryl methyl sites for hydroxylation is 1. The van der Waals surface area contributed by atoms with Gasteiger partial charge in [0.05, 0.1) is 11.4 Å². The Labute approximate surface area is 530 Å². The zero-order valence-electron chi connectivity index (χ0n) is 53.9. The molecule has 8 nitrogen and oxygen atoms in total. The summed E-state index contributed by atoms with van der Waals surface area (Å²) >= 11 is 0. The second kappa shape index (κ2) is 25.2. The topological polar surface area (TPSA) is 103 Å². The molecule has 0 aliphatic heterocycles. The van der Waals surface area contributed by atoms with E-state index in [1.807, 2.05) is 60.9 Å². The summed E-state index contributed by atoms with van der Waals surface area (Å²) in [6.07, 6.45) is 3.68. The fourth-order valence-corrected chi connectivity index (χ4v) is 10.5. The van der Waals surface area contributed by atoms with E-state index in [4.69, 9.17) is 39.9 Å². The third-order valence-corrected chi connectivity index (χ3v) is 16.3. The molecule has 0 amide bonds. The van der Waals surface area contributed by atoms with Gasteiger partial charge in [0.15, 0.2) is 34.9 Å². The Hall–Kier alpha value is -9.99. The van der Waals surface area contributed by atoms with Gasteiger partial charge in [-0.1, -0.05) is 271 Å². The van der Waals surface area contributed by atoms with Crippen LogP contribution < -0.4 is 0 Å². The molecular weight excluding hydrogens is 1100 g/mol. The van der Waals surface area contributed by atoms with Crippen molar-refractivity contribution in [1.29, 1.82) is 0 Å². The predicted octanol–water partition coefficient (Wildman–Crippen LogP) is 20.8. The zero-order valence-corrected chi connectivity index (χ0v) is 53.9. The number of hydrogen-bond donors (Lipinski definition) is 0. The molecule has 9 heteroatoms. The fourth-order valence-electron chi connectivity index (χ4n) is 10.5. The molecular formula is C81H77FN8. The lowest BCUT2D eigenvalue weighted by atomic mass is 9.86. The molecule has 0 spiro atoms. The van der Waals surface area contributed by atoms with Crippen LogP contribution >= 0.6 is 0 Å². The third kappa shape index (κ3) is 14.6. The van der Waals surface area contributed by atoms with Crippen molar-refractivity contribution in [2.75, 3.05) is 0 Å². The quantitative estimate of drug-likeness (QED) is 0.133. The minimum Gasteiger partial charge on any atom is -0.255 e. The van der Waals surface area contributed by atoms with Crippen molar-refractivity contribution in [2.45, 2.75) is 112 Å². The monoisotopic (exact) mass is 1180 g/mol. The molecule has 8 aromatic carbocycles. The number of nitrogens with zero attached hydrogens (tertiary/aromatic N) is 8. The van der Waals surface area contributed by atoms with Crippen LogP contribution in [0.15, 0.2) is 231 Å². The number of pyridine rings is 2. The Balaban J connectivity index is 0.000000185. The van der Waals surface area contributed by atoms with Crippen LogP contribution in [0.25, 0.3) is 113 Å². The minimum absolute atomic E-state index is 0.0530. The lowest BCUT2D eigenvalue weighted by Gasteiger charge is -2.19. The molecule has 0 aliphatic carbocycles. The summed E-state index contributed by atoms with van der Waals surface area (Å²) in [6.45, 7) is 28.7. The van der Waals surface area contributed by atoms with E-state index in [9.17, 15) is 4.39 Å². The fraction of sp³-hybridized carbons (Fsp3) is 0.210. The van der Waals surface area contributed by atoms with Crippen LogP contribution in [0, 0.1) is 12.7 Å². The van der Waals surface area contributed by atoms with Crippen LogP contribution in [0.1, 0.15) is 111 Å². The standard InChI is InChI=1S/C41H40N4.C40H37FN4/c1-27-8-10-28(11-9-27)29-12-14-30(15-13-29)36-25-20-33(26-42-36)39-44-37(31-16-21-34(22-17-31)40(2,3)4)43-38(45-39)32-18-23-35(24-19-32)41(5,6)7;1-39(2,3)32-18-11-29(12-19-32)36-43-37(30-13-20-33(21-14-30)40(4,5)6)45-38(44-36)31-17-24-35(42-25-31)28-9-7-26(8-10-28)27-15-22-34(41)23-16-27/h8-26H,1-7H3;7-25H,1-6H3. The smallest absolute Gasteiger partial charge is 0.165 e. The van der Waals surface area contributed by atoms with Gasteiger partial charge in [-0.3, -0.25) is 9.97 Å². The Morgan fingerprint density at radius 2 is 0.422 bits per heavy atom. The summed E-state index contributed by atoms with van der Waals surface area (Å²) in [5, 5.41) is 0. The molecule has 12 aromatic rings. The second-order valence-corrected chi connectivity index (χ2v) is 27.3. The van der Waals surface area contributed by atoms with E-state index in [0.29, 0.717) is 34.9 Å². The SMILES string of the molecule is CC(C)(C)c1ccc(-c2nc(-c3ccc(C(C)(C)C)cc3)nc(-c3ccc(-c4ccc(-c5ccc(F)cc5)cc4)nc3)n2)cc1.Cc1ccc(-c2ccc(-c3ccc(-c4nc(-c5ccc(C(C)(C)C)cc5)nc(-c5ccc(C(C)(C)C)cc5)n4)cn3)cc2)cc1. The van der Waals surface area contributed by atoms with Crippen LogP contribution in [-0.4, -0.2) is 39.9 Å². The second-order valence-electron chi connectivity index (χ2n) is 27.3. The summed E-state index contributed by atoms with van der Waals surface area (Å²) in [7, 11) is 0. The molecule has 4 aromatic heterocycles. The molecule has 0 fully saturated rings. The number of hydrogen-bond acceptors (Lipinski definition) is 8. The summed E-state index contributed by atoms with van der Waals surface area (Å²) in [5.74, 6) is 3.46. The molecule has 0 saturated heterocycles. The molecule has 448 valence electrons. The average Bonchev–Trinajstić information content (AvgIpc) is 2.82. The molecule has 12 rings (SSSR count). The lowest BCUT2D eigenvalue weighted by molar-refractivity contribution is 0.590. The largest absolute Gasteiger partial charge is 0.255 e. The van der Waals surface area contributed by atoms with Gasteiger partial charge < -0.3 is 0 Å². The first-order valence-corrected chi connectivity index (χ1v) is 30.8. The maximum atomic E-state index is 13.3.